The summed E-state index contributed by atoms with van der Waals surface area (Å²) in [6, 6.07) is 10.4. The maximum absolute atomic E-state index is 12.1. The van der Waals surface area contributed by atoms with Crippen LogP contribution >= 0.6 is 15.9 Å². The molecule has 98 valence electrons. The molecule has 5 heteroatoms. The van der Waals surface area contributed by atoms with E-state index in [-0.39, 0.29) is 5.91 Å². The number of rotatable bonds is 2. The van der Waals surface area contributed by atoms with Crippen LogP contribution in [0.25, 0.3) is 0 Å². The number of hydrogen-bond acceptors (Lipinski definition) is 3. The first-order chi connectivity index (χ1) is 8.97. The molecule has 0 atom stereocenters. The molecule has 0 aromatic heterocycles. The number of nitrogen functional groups attached to an aromatic ring is 2. The van der Waals surface area contributed by atoms with Crippen LogP contribution in [0.1, 0.15) is 15.9 Å². The number of carbonyl (C=O) groups is 1. The van der Waals surface area contributed by atoms with Crippen LogP contribution in [0.4, 0.5) is 17.1 Å². The molecule has 0 unspecified atom stereocenters. The Kier molecular flexibility index (Phi) is 3.76. The van der Waals surface area contributed by atoms with Crippen LogP contribution in [0.2, 0.25) is 0 Å². The molecule has 0 aliphatic rings. The topological polar surface area (TPSA) is 81.1 Å². The van der Waals surface area contributed by atoms with Crippen molar-refractivity contribution in [1.82, 2.24) is 0 Å². The average Bonchev–Trinajstić information content (AvgIpc) is 2.33. The zero-order valence-corrected chi connectivity index (χ0v) is 12.0. The van der Waals surface area contributed by atoms with Gasteiger partial charge in [-0.3, -0.25) is 4.79 Å². The van der Waals surface area contributed by atoms with E-state index in [1.165, 1.54) is 0 Å². The number of amides is 1. The van der Waals surface area contributed by atoms with Crippen LogP contribution in [0.15, 0.2) is 40.9 Å². The third-order valence-corrected chi connectivity index (χ3v) is 3.63. The van der Waals surface area contributed by atoms with Crippen molar-refractivity contribution in [2.45, 2.75) is 6.92 Å². The summed E-state index contributed by atoms with van der Waals surface area (Å²) >= 11 is 3.41. The minimum Gasteiger partial charge on any atom is -0.399 e. The molecule has 19 heavy (non-hydrogen) atoms. The Morgan fingerprint density at radius 2 is 1.89 bits per heavy atom. The van der Waals surface area contributed by atoms with Crippen LogP contribution in [0.3, 0.4) is 0 Å². The lowest BCUT2D eigenvalue weighted by atomic mass is 10.1. The zero-order valence-electron chi connectivity index (χ0n) is 10.4. The molecular weight excluding hydrogens is 306 g/mol. The van der Waals surface area contributed by atoms with Crippen molar-refractivity contribution in [2.24, 2.45) is 0 Å². The van der Waals surface area contributed by atoms with Gasteiger partial charge in [-0.05, 0) is 48.9 Å². The predicted molar refractivity (Wildman–Crippen MR) is 82.1 cm³/mol. The quantitative estimate of drug-likeness (QED) is 0.743. The Hall–Kier alpha value is -2.01. The highest BCUT2D eigenvalue weighted by Crippen LogP contribution is 2.22. The first kappa shape index (κ1) is 13.4. The summed E-state index contributed by atoms with van der Waals surface area (Å²) in [5.74, 6) is -0.251. The van der Waals surface area contributed by atoms with Crippen molar-refractivity contribution in [1.29, 1.82) is 0 Å². The van der Waals surface area contributed by atoms with Gasteiger partial charge in [0, 0.05) is 21.5 Å². The van der Waals surface area contributed by atoms with E-state index < -0.39 is 0 Å². The van der Waals surface area contributed by atoms with E-state index in [2.05, 4.69) is 21.2 Å². The molecule has 0 bridgehead atoms. The SMILES string of the molecule is Cc1cc(NC(=O)c2ccc(N)cc2N)ccc1Br. The summed E-state index contributed by atoms with van der Waals surface area (Å²) in [5, 5.41) is 2.81. The Labute approximate surface area is 119 Å². The van der Waals surface area contributed by atoms with Gasteiger partial charge in [-0.25, -0.2) is 0 Å². The molecule has 0 saturated carbocycles. The molecule has 0 radical (unpaired) electrons. The van der Waals surface area contributed by atoms with Crippen LogP contribution in [-0.4, -0.2) is 5.91 Å². The Morgan fingerprint density at radius 1 is 1.16 bits per heavy atom. The van der Waals surface area contributed by atoms with Gasteiger partial charge in [0.25, 0.3) is 5.91 Å². The lowest BCUT2D eigenvalue weighted by molar-refractivity contribution is 0.102. The summed E-state index contributed by atoms with van der Waals surface area (Å²) in [6.07, 6.45) is 0. The number of benzene rings is 2. The molecule has 0 saturated heterocycles. The van der Waals surface area contributed by atoms with Gasteiger partial charge >= 0.3 is 0 Å². The van der Waals surface area contributed by atoms with Crippen molar-refractivity contribution < 1.29 is 4.79 Å². The molecule has 0 fully saturated rings. The maximum Gasteiger partial charge on any atom is 0.257 e. The second kappa shape index (κ2) is 5.32. The van der Waals surface area contributed by atoms with Gasteiger partial charge in [0.1, 0.15) is 0 Å². The Balaban J connectivity index is 2.23. The predicted octanol–water partition coefficient (Wildman–Crippen LogP) is 3.17. The van der Waals surface area contributed by atoms with E-state index in [0.29, 0.717) is 16.9 Å². The molecule has 0 aliphatic carbocycles. The first-order valence-corrected chi connectivity index (χ1v) is 6.49. The van der Waals surface area contributed by atoms with E-state index in [1.54, 1.807) is 18.2 Å². The van der Waals surface area contributed by atoms with E-state index >= 15 is 0 Å². The highest BCUT2D eigenvalue weighted by molar-refractivity contribution is 9.10. The van der Waals surface area contributed by atoms with Gasteiger partial charge in [-0.1, -0.05) is 15.9 Å². The minimum absolute atomic E-state index is 0.251. The molecule has 2 aromatic rings. The molecular formula is C14H14BrN3O. The molecule has 5 N–H and O–H groups in total. The van der Waals surface area contributed by atoms with E-state index in [4.69, 9.17) is 11.5 Å². The third kappa shape index (κ3) is 3.06. The Bertz CT molecular complexity index is 641. The fourth-order valence-electron chi connectivity index (χ4n) is 1.71. The average molecular weight is 320 g/mol. The van der Waals surface area contributed by atoms with Crippen molar-refractivity contribution in [2.75, 3.05) is 16.8 Å². The zero-order chi connectivity index (χ0) is 14.0. The van der Waals surface area contributed by atoms with E-state index in [0.717, 1.165) is 15.7 Å². The molecule has 2 aromatic carbocycles. The van der Waals surface area contributed by atoms with Gasteiger partial charge in [-0.2, -0.15) is 0 Å². The van der Waals surface area contributed by atoms with Gasteiger partial charge in [0.2, 0.25) is 0 Å². The van der Waals surface area contributed by atoms with Crippen molar-refractivity contribution in [3.05, 3.63) is 52.0 Å². The summed E-state index contributed by atoms with van der Waals surface area (Å²) in [6.45, 7) is 1.96. The van der Waals surface area contributed by atoms with Crippen molar-refractivity contribution >= 4 is 38.9 Å². The largest absolute Gasteiger partial charge is 0.399 e. The lowest BCUT2D eigenvalue weighted by Gasteiger charge is -2.09. The first-order valence-electron chi connectivity index (χ1n) is 5.70. The van der Waals surface area contributed by atoms with Gasteiger partial charge in [-0.15, -0.1) is 0 Å². The van der Waals surface area contributed by atoms with E-state index in [9.17, 15) is 4.79 Å². The lowest BCUT2D eigenvalue weighted by Crippen LogP contribution is -2.14. The number of aryl methyl sites for hydroxylation is 1. The number of nitrogens with one attached hydrogen (secondary N) is 1. The highest BCUT2D eigenvalue weighted by Gasteiger charge is 2.10. The highest BCUT2D eigenvalue weighted by atomic mass is 79.9. The molecule has 0 heterocycles. The number of nitrogens with two attached hydrogens (primary N) is 2. The number of carbonyl (C=O) groups excluding carboxylic acids is 1. The fraction of sp³-hybridized carbons (Fsp3) is 0.0714. The van der Waals surface area contributed by atoms with Gasteiger partial charge in [0.15, 0.2) is 0 Å². The number of anilines is 3. The van der Waals surface area contributed by atoms with Crippen molar-refractivity contribution in [3.8, 4) is 0 Å². The van der Waals surface area contributed by atoms with Gasteiger partial charge in [0.05, 0.1) is 5.56 Å². The second-order valence-corrected chi connectivity index (χ2v) is 5.12. The molecule has 1 amide bonds. The fourth-order valence-corrected chi connectivity index (χ4v) is 1.96. The normalized spacial score (nSPS) is 10.2. The second-order valence-electron chi connectivity index (χ2n) is 4.26. The molecule has 4 nitrogen and oxygen atoms in total. The number of halogens is 1. The number of hydrogen-bond donors (Lipinski definition) is 3. The van der Waals surface area contributed by atoms with Crippen molar-refractivity contribution in [3.63, 3.8) is 0 Å². The standard InChI is InChI=1S/C14H14BrN3O/c1-8-6-10(3-5-12(8)15)18-14(19)11-4-2-9(16)7-13(11)17/h2-7H,16-17H2,1H3,(H,18,19). The maximum atomic E-state index is 12.1. The summed E-state index contributed by atoms with van der Waals surface area (Å²) in [4.78, 5) is 12.1. The van der Waals surface area contributed by atoms with Crippen LogP contribution in [-0.2, 0) is 0 Å². The third-order valence-electron chi connectivity index (χ3n) is 2.74. The summed E-state index contributed by atoms with van der Waals surface area (Å²) in [7, 11) is 0. The van der Waals surface area contributed by atoms with Crippen LogP contribution in [0.5, 0.6) is 0 Å². The van der Waals surface area contributed by atoms with Gasteiger partial charge < -0.3 is 16.8 Å². The molecule has 2 rings (SSSR count). The molecule has 0 spiro atoms. The van der Waals surface area contributed by atoms with E-state index in [1.807, 2.05) is 25.1 Å². The van der Waals surface area contributed by atoms with Crippen LogP contribution < -0.4 is 16.8 Å². The Morgan fingerprint density at radius 3 is 2.53 bits per heavy atom. The van der Waals surface area contributed by atoms with Crippen LogP contribution in [0, 0.1) is 6.92 Å². The molecule has 0 aliphatic heterocycles. The smallest absolute Gasteiger partial charge is 0.257 e. The summed E-state index contributed by atoms with van der Waals surface area (Å²) < 4.78 is 0.998. The monoisotopic (exact) mass is 319 g/mol. The minimum atomic E-state index is -0.251. The summed E-state index contributed by atoms with van der Waals surface area (Å²) in [5.41, 5.74) is 14.5.